The van der Waals surface area contributed by atoms with Gasteiger partial charge < -0.3 is 15.2 Å². The molecule has 1 unspecified atom stereocenters. The number of hydrogen-bond acceptors (Lipinski definition) is 6. The maximum Gasteiger partial charge on any atom is 0.238 e. The minimum absolute atomic E-state index is 0.110. The van der Waals surface area contributed by atoms with E-state index in [1.54, 1.807) is 12.1 Å². The van der Waals surface area contributed by atoms with E-state index in [2.05, 4.69) is 21.9 Å². The second kappa shape index (κ2) is 7.89. The van der Waals surface area contributed by atoms with Crippen molar-refractivity contribution in [3.05, 3.63) is 42.2 Å². The highest BCUT2D eigenvalue weighted by Gasteiger charge is 2.10. The molecule has 7 nitrogen and oxygen atoms in total. The van der Waals surface area contributed by atoms with E-state index >= 15 is 0 Å². The van der Waals surface area contributed by atoms with Crippen molar-refractivity contribution in [1.82, 2.24) is 15.3 Å². The topological polar surface area (TPSA) is 96.7 Å². The fourth-order valence-electron chi connectivity index (χ4n) is 1.88. The third kappa shape index (κ3) is 5.55. The Morgan fingerprint density at radius 3 is 2.68 bits per heavy atom. The smallest absolute Gasteiger partial charge is 0.238 e. The molecule has 0 aliphatic carbocycles. The van der Waals surface area contributed by atoms with Gasteiger partial charge in [0, 0.05) is 13.1 Å². The average Bonchev–Trinajstić information content (AvgIpc) is 2.51. The van der Waals surface area contributed by atoms with Gasteiger partial charge in [-0.25, -0.2) is 18.2 Å². The first-order valence-electron chi connectivity index (χ1n) is 6.86. The van der Waals surface area contributed by atoms with Crippen LogP contribution in [0.1, 0.15) is 12.0 Å². The normalized spacial score (nSPS) is 17.3. The van der Waals surface area contributed by atoms with Crippen molar-refractivity contribution in [3.8, 4) is 0 Å². The van der Waals surface area contributed by atoms with Crippen molar-refractivity contribution in [1.29, 1.82) is 0 Å². The number of hydrogen-bond donors (Lipinski definition) is 3. The third-order valence-electron chi connectivity index (χ3n) is 3.11. The van der Waals surface area contributed by atoms with Crippen LogP contribution in [0.5, 0.6) is 0 Å². The lowest BCUT2D eigenvalue weighted by Crippen LogP contribution is -2.35. The van der Waals surface area contributed by atoms with Gasteiger partial charge in [-0.3, -0.25) is 0 Å². The number of nitrogens with two attached hydrogens (primary N) is 1. The van der Waals surface area contributed by atoms with Crippen LogP contribution in [0, 0.1) is 0 Å². The van der Waals surface area contributed by atoms with E-state index in [1.807, 2.05) is 0 Å². The summed E-state index contributed by atoms with van der Waals surface area (Å²) in [5.74, 6) is 0.714. The monoisotopic (exact) mass is 344 g/mol. The van der Waals surface area contributed by atoms with Crippen LogP contribution >= 0.6 is 8.96 Å². The third-order valence-corrected chi connectivity index (χ3v) is 5.01. The van der Waals surface area contributed by atoms with Gasteiger partial charge in [-0.15, -0.1) is 0 Å². The van der Waals surface area contributed by atoms with Crippen molar-refractivity contribution in [2.45, 2.75) is 17.9 Å². The number of sulfonamides is 1. The first kappa shape index (κ1) is 17.2. The van der Waals surface area contributed by atoms with Gasteiger partial charge in [0.1, 0.15) is 0 Å². The molecule has 0 spiro atoms. The predicted molar refractivity (Wildman–Crippen MR) is 87.4 cm³/mol. The van der Waals surface area contributed by atoms with Gasteiger partial charge in [0.2, 0.25) is 10.0 Å². The molecule has 2 rings (SSSR count). The summed E-state index contributed by atoms with van der Waals surface area (Å²) in [6.45, 7) is 7.01. The first-order chi connectivity index (χ1) is 10.4. The Balaban J connectivity index is 1.73. The fourth-order valence-corrected chi connectivity index (χ4v) is 3.21. The molecule has 1 atom stereocenters. The molecule has 0 amide bonds. The number of rotatable bonds is 7. The van der Waals surface area contributed by atoms with E-state index in [1.165, 1.54) is 12.1 Å². The SMILES string of the molecule is C=C(NCc1ccc(S(N)(=O)=O)cc1)NCN1CCCOP1. The molecular formula is C13H21N4O3PS. The summed E-state index contributed by atoms with van der Waals surface area (Å²) in [5, 5.41) is 11.4. The van der Waals surface area contributed by atoms with Crippen LogP contribution in [0.25, 0.3) is 0 Å². The van der Waals surface area contributed by atoms with Gasteiger partial charge in [0.15, 0.2) is 0 Å². The Hall–Kier alpha value is -1.18. The van der Waals surface area contributed by atoms with E-state index in [0.717, 1.165) is 25.1 Å². The number of benzene rings is 1. The Bertz CT molecular complexity index is 600. The molecule has 4 N–H and O–H groups in total. The molecule has 0 aromatic heterocycles. The molecule has 9 heteroatoms. The van der Waals surface area contributed by atoms with Crippen LogP contribution in [0.15, 0.2) is 41.6 Å². The van der Waals surface area contributed by atoms with E-state index in [0.29, 0.717) is 28.0 Å². The molecule has 122 valence electrons. The highest BCUT2D eigenvalue weighted by Crippen LogP contribution is 2.23. The largest absolute Gasteiger partial charge is 0.368 e. The molecule has 1 aromatic rings. The fraction of sp³-hybridized carbons (Fsp3) is 0.385. The Labute approximate surface area is 132 Å². The first-order valence-corrected chi connectivity index (χ1v) is 9.26. The second-order valence-electron chi connectivity index (χ2n) is 4.91. The van der Waals surface area contributed by atoms with Crippen LogP contribution in [0.2, 0.25) is 0 Å². The lowest BCUT2D eigenvalue weighted by atomic mass is 10.2. The predicted octanol–water partition coefficient (Wildman–Crippen LogP) is 0.673. The molecule has 0 bridgehead atoms. The number of nitrogens with zero attached hydrogens (tertiary/aromatic N) is 1. The van der Waals surface area contributed by atoms with Crippen LogP contribution in [-0.4, -0.2) is 32.9 Å². The van der Waals surface area contributed by atoms with Gasteiger partial charge in [-0.2, -0.15) is 0 Å². The summed E-state index contributed by atoms with van der Waals surface area (Å²) in [7, 11) is -3.25. The van der Waals surface area contributed by atoms with Crippen LogP contribution in [0.3, 0.4) is 0 Å². The Morgan fingerprint density at radius 2 is 2.09 bits per heavy atom. The van der Waals surface area contributed by atoms with E-state index in [4.69, 9.17) is 9.66 Å². The summed E-state index contributed by atoms with van der Waals surface area (Å²) < 4.78 is 29.9. The van der Waals surface area contributed by atoms with Gasteiger partial charge in [-0.05, 0) is 24.1 Å². The van der Waals surface area contributed by atoms with Crippen LogP contribution < -0.4 is 15.8 Å². The zero-order valence-corrected chi connectivity index (χ0v) is 14.0. The van der Waals surface area contributed by atoms with Gasteiger partial charge in [0.25, 0.3) is 0 Å². The second-order valence-corrected chi connectivity index (χ2v) is 7.58. The van der Waals surface area contributed by atoms with Gasteiger partial charge >= 0.3 is 0 Å². The minimum atomic E-state index is -3.64. The Kier molecular flexibility index (Phi) is 6.16. The van der Waals surface area contributed by atoms with Crippen molar-refractivity contribution >= 4 is 19.0 Å². The minimum Gasteiger partial charge on any atom is -0.368 e. The molecule has 1 fully saturated rings. The van der Waals surface area contributed by atoms with E-state index < -0.39 is 10.0 Å². The van der Waals surface area contributed by atoms with Crippen LogP contribution in [-0.2, 0) is 21.1 Å². The summed E-state index contributed by atoms with van der Waals surface area (Å²) in [6.07, 6.45) is 1.05. The standard InChI is InChI=1S/C13H21N4O3PS/c1-11(16-10-17-7-2-8-20-21-17)15-9-12-3-5-13(6-4-12)22(14,18)19/h3-6,15-16,21H,1-2,7-10H2,(H2,14,18,19). The van der Waals surface area contributed by atoms with Crippen LogP contribution in [0.4, 0.5) is 0 Å². The summed E-state index contributed by atoms with van der Waals surface area (Å²) in [6, 6.07) is 6.43. The summed E-state index contributed by atoms with van der Waals surface area (Å²) in [4.78, 5) is 0.110. The number of primary sulfonamides is 1. The molecule has 1 heterocycles. The van der Waals surface area contributed by atoms with E-state index in [9.17, 15) is 8.42 Å². The molecule has 1 aliphatic rings. The summed E-state index contributed by atoms with van der Waals surface area (Å²) in [5.41, 5.74) is 0.943. The summed E-state index contributed by atoms with van der Waals surface area (Å²) >= 11 is 0. The zero-order valence-electron chi connectivity index (χ0n) is 12.2. The molecule has 0 radical (unpaired) electrons. The maximum atomic E-state index is 11.2. The molecule has 1 saturated heterocycles. The average molecular weight is 344 g/mol. The molecule has 0 saturated carbocycles. The molecular weight excluding hydrogens is 323 g/mol. The van der Waals surface area contributed by atoms with Gasteiger partial charge in [-0.1, -0.05) is 18.7 Å². The lowest BCUT2D eigenvalue weighted by Gasteiger charge is -2.26. The zero-order chi connectivity index (χ0) is 16.0. The quantitative estimate of drug-likeness (QED) is 0.629. The van der Waals surface area contributed by atoms with Gasteiger partial charge in [0.05, 0.1) is 33.0 Å². The molecule has 1 aliphatic heterocycles. The highest BCUT2D eigenvalue weighted by molar-refractivity contribution is 7.89. The highest BCUT2D eigenvalue weighted by atomic mass is 32.2. The Morgan fingerprint density at radius 1 is 1.36 bits per heavy atom. The van der Waals surface area contributed by atoms with Crippen molar-refractivity contribution < 1.29 is 12.9 Å². The van der Waals surface area contributed by atoms with E-state index in [-0.39, 0.29) is 4.90 Å². The van der Waals surface area contributed by atoms with Crippen molar-refractivity contribution in [3.63, 3.8) is 0 Å². The maximum absolute atomic E-state index is 11.2. The molecule has 22 heavy (non-hydrogen) atoms. The lowest BCUT2D eigenvalue weighted by molar-refractivity contribution is 0.251. The van der Waals surface area contributed by atoms with Crippen molar-refractivity contribution in [2.24, 2.45) is 5.14 Å². The van der Waals surface area contributed by atoms with Crippen molar-refractivity contribution in [2.75, 3.05) is 19.8 Å². The number of nitrogens with one attached hydrogen (secondary N) is 2. The molecule has 1 aromatic carbocycles.